The van der Waals surface area contributed by atoms with E-state index in [0.29, 0.717) is 22.9 Å². The second kappa shape index (κ2) is 7.63. The highest BCUT2D eigenvalue weighted by atomic mass is 16.7. The maximum Gasteiger partial charge on any atom is 0.304 e. The highest BCUT2D eigenvalue weighted by molar-refractivity contribution is 5.65. The molecular formula is C18H17N5O3. The Morgan fingerprint density at radius 1 is 1.35 bits per heavy atom. The lowest BCUT2D eigenvalue weighted by Crippen LogP contribution is -2.09. The van der Waals surface area contributed by atoms with Gasteiger partial charge in [-0.2, -0.15) is 14.6 Å². The molecule has 0 spiro atoms. The molecule has 0 radical (unpaired) electrons. The van der Waals surface area contributed by atoms with E-state index in [1.165, 1.54) is 17.8 Å². The van der Waals surface area contributed by atoms with Crippen molar-refractivity contribution in [2.45, 2.75) is 20.0 Å². The van der Waals surface area contributed by atoms with Crippen molar-refractivity contribution in [3.8, 4) is 11.8 Å². The summed E-state index contributed by atoms with van der Waals surface area (Å²) in [6.45, 7) is 2.92. The van der Waals surface area contributed by atoms with E-state index in [1.54, 1.807) is 6.92 Å². The van der Waals surface area contributed by atoms with Crippen LogP contribution in [0.3, 0.4) is 0 Å². The molecule has 1 aromatic carbocycles. The zero-order valence-corrected chi connectivity index (χ0v) is 14.3. The summed E-state index contributed by atoms with van der Waals surface area (Å²) < 4.78 is 11.9. The third-order valence-electron chi connectivity index (χ3n) is 3.57. The first-order chi connectivity index (χ1) is 12.6. The summed E-state index contributed by atoms with van der Waals surface area (Å²) in [5, 5.41) is 4.04. The average molecular weight is 351 g/mol. The van der Waals surface area contributed by atoms with Crippen LogP contribution in [0.1, 0.15) is 29.8 Å². The largest absolute Gasteiger partial charge is 0.439 e. The number of hydrogen-bond donors (Lipinski definition) is 1. The van der Waals surface area contributed by atoms with Crippen LogP contribution in [0.2, 0.25) is 0 Å². The van der Waals surface area contributed by atoms with E-state index in [1.807, 2.05) is 30.3 Å². The fraction of sp³-hybridized carbons (Fsp3) is 0.222. The standard InChI is InChI=1S/C18H17N5O3/c1-12-15(17(19)23-18(22-12)20-10-21-23)8-9-16(26-11-25-13(2)24)14-6-4-3-5-7-14/h3-7,10,16H,11,19H2,1-2H3. The molecule has 1 atom stereocenters. The maximum absolute atomic E-state index is 11.0. The van der Waals surface area contributed by atoms with Gasteiger partial charge in [-0.25, -0.2) is 4.98 Å². The zero-order valence-electron chi connectivity index (χ0n) is 14.3. The van der Waals surface area contributed by atoms with E-state index in [2.05, 4.69) is 26.9 Å². The number of nitrogens with zero attached hydrogens (tertiary/aromatic N) is 4. The van der Waals surface area contributed by atoms with Gasteiger partial charge in [-0.05, 0) is 12.5 Å². The van der Waals surface area contributed by atoms with Crippen LogP contribution in [0.4, 0.5) is 5.82 Å². The van der Waals surface area contributed by atoms with Crippen LogP contribution >= 0.6 is 0 Å². The van der Waals surface area contributed by atoms with E-state index < -0.39 is 12.1 Å². The number of fused-ring (bicyclic) bond motifs is 1. The number of aryl methyl sites for hydroxylation is 1. The van der Waals surface area contributed by atoms with Gasteiger partial charge in [-0.15, -0.1) is 0 Å². The number of hydrogen-bond acceptors (Lipinski definition) is 7. The molecule has 0 aliphatic heterocycles. The number of benzene rings is 1. The number of nitrogens with two attached hydrogens (primary N) is 1. The second-order valence-corrected chi connectivity index (χ2v) is 5.41. The fourth-order valence-corrected chi connectivity index (χ4v) is 2.31. The zero-order chi connectivity index (χ0) is 18.5. The van der Waals surface area contributed by atoms with Crippen LogP contribution < -0.4 is 5.73 Å². The van der Waals surface area contributed by atoms with E-state index in [4.69, 9.17) is 15.2 Å². The summed E-state index contributed by atoms with van der Waals surface area (Å²) in [6.07, 6.45) is 0.783. The van der Waals surface area contributed by atoms with Gasteiger partial charge in [-0.3, -0.25) is 4.79 Å². The summed E-state index contributed by atoms with van der Waals surface area (Å²) in [4.78, 5) is 19.3. The van der Waals surface area contributed by atoms with Crippen molar-refractivity contribution >= 4 is 17.6 Å². The molecule has 0 amide bonds. The number of anilines is 1. The third-order valence-corrected chi connectivity index (χ3v) is 3.57. The molecule has 8 heteroatoms. The summed E-state index contributed by atoms with van der Waals surface area (Å²) >= 11 is 0. The van der Waals surface area contributed by atoms with Gasteiger partial charge in [0, 0.05) is 6.92 Å². The van der Waals surface area contributed by atoms with Gasteiger partial charge in [0.05, 0.1) is 11.3 Å². The van der Waals surface area contributed by atoms with E-state index in [9.17, 15) is 4.79 Å². The summed E-state index contributed by atoms with van der Waals surface area (Å²) in [7, 11) is 0. The molecule has 2 heterocycles. The van der Waals surface area contributed by atoms with Crippen LogP contribution in [-0.4, -0.2) is 32.3 Å². The Bertz CT molecular complexity index is 988. The van der Waals surface area contributed by atoms with Gasteiger partial charge >= 0.3 is 5.97 Å². The Hall–Kier alpha value is -3.44. The van der Waals surface area contributed by atoms with Gasteiger partial charge in [0.1, 0.15) is 18.2 Å². The van der Waals surface area contributed by atoms with Crippen molar-refractivity contribution in [1.29, 1.82) is 0 Å². The normalized spacial score (nSPS) is 11.6. The number of aromatic nitrogens is 4. The van der Waals surface area contributed by atoms with Crippen molar-refractivity contribution in [1.82, 2.24) is 19.6 Å². The number of carbonyl (C=O) groups excluding carboxylic acids is 1. The predicted molar refractivity (Wildman–Crippen MR) is 93.7 cm³/mol. The molecular weight excluding hydrogens is 334 g/mol. The molecule has 0 fully saturated rings. The quantitative estimate of drug-likeness (QED) is 0.433. The smallest absolute Gasteiger partial charge is 0.304 e. The lowest BCUT2D eigenvalue weighted by Gasteiger charge is -2.12. The molecule has 3 rings (SSSR count). The summed E-state index contributed by atoms with van der Waals surface area (Å²) in [6, 6.07) is 9.40. The lowest BCUT2D eigenvalue weighted by atomic mass is 10.1. The van der Waals surface area contributed by atoms with E-state index >= 15 is 0 Å². The minimum Gasteiger partial charge on any atom is -0.439 e. The van der Waals surface area contributed by atoms with Gasteiger partial charge in [0.25, 0.3) is 5.78 Å². The first-order valence-electron chi connectivity index (χ1n) is 7.83. The molecule has 0 saturated heterocycles. The Balaban J connectivity index is 1.93. The molecule has 8 nitrogen and oxygen atoms in total. The number of rotatable bonds is 4. The number of carbonyl (C=O) groups is 1. The highest BCUT2D eigenvalue weighted by Gasteiger charge is 2.12. The summed E-state index contributed by atoms with van der Waals surface area (Å²) in [5.41, 5.74) is 8.15. The molecule has 0 bridgehead atoms. The minimum atomic E-state index is -0.596. The minimum absolute atomic E-state index is 0.196. The van der Waals surface area contributed by atoms with Gasteiger partial charge in [0.15, 0.2) is 6.79 Å². The maximum atomic E-state index is 11.0. The van der Waals surface area contributed by atoms with Gasteiger partial charge < -0.3 is 15.2 Å². The average Bonchev–Trinajstić information content (AvgIpc) is 3.09. The van der Waals surface area contributed by atoms with Crippen LogP contribution in [0.5, 0.6) is 0 Å². The monoisotopic (exact) mass is 351 g/mol. The summed E-state index contributed by atoms with van der Waals surface area (Å²) in [5.74, 6) is 6.37. The van der Waals surface area contributed by atoms with Crippen molar-refractivity contribution in [2.24, 2.45) is 0 Å². The van der Waals surface area contributed by atoms with Crippen molar-refractivity contribution in [2.75, 3.05) is 12.5 Å². The van der Waals surface area contributed by atoms with Crippen LogP contribution in [0, 0.1) is 18.8 Å². The second-order valence-electron chi connectivity index (χ2n) is 5.41. The lowest BCUT2D eigenvalue weighted by molar-refractivity contribution is -0.156. The molecule has 132 valence electrons. The molecule has 3 aromatic rings. The number of ether oxygens (including phenoxy) is 2. The Labute approximate surface area is 150 Å². The predicted octanol–water partition coefficient (Wildman–Crippen LogP) is 1.64. The Morgan fingerprint density at radius 3 is 2.85 bits per heavy atom. The molecule has 2 aromatic heterocycles. The van der Waals surface area contributed by atoms with Crippen molar-refractivity contribution in [3.05, 3.63) is 53.5 Å². The Kier molecular flexibility index (Phi) is 5.10. The van der Waals surface area contributed by atoms with Gasteiger partial charge in [-0.1, -0.05) is 42.2 Å². The van der Waals surface area contributed by atoms with E-state index in [0.717, 1.165) is 5.56 Å². The Morgan fingerprint density at radius 2 is 2.12 bits per heavy atom. The molecule has 0 saturated carbocycles. The molecule has 1 unspecified atom stereocenters. The highest BCUT2D eigenvalue weighted by Crippen LogP contribution is 2.19. The molecule has 2 N–H and O–H groups in total. The SMILES string of the molecule is CC(=O)OCOC(C#Cc1c(C)nc2ncnn2c1N)c1ccccc1. The molecule has 0 aliphatic carbocycles. The topological polar surface area (TPSA) is 105 Å². The van der Waals surface area contributed by atoms with Crippen LogP contribution in [0.15, 0.2) is 36.7 Å². The molecule has 0 aliphatic rings. The van der Waals surface area contributed by atoms with Crippen LogP contribution in [0.25, 0.3) is 5.78 Å². The van der Waals surface area contributed by atoms with Gasteiger partial charge in [0.2, 0.25) is 0 Å². The van der Waals surface area contributed by atoms with E-state index in [-0.39, 0.29) is 6.79 Å². The number of esters is 1. The first-order valence-corrected chi connectivity index (χ1v) is 7.83. The number of nitrogen functional groups attached to an aromatic ring is 1. The van der Waals surface area contributed by atoms with Crippen LogP contribution in [-0.2, 0) is 14.3 Å². The third kappa shape index (κ3) is 3.79. The van der Waals surface area contributed by atoms with Crippen molar-refractivity contribution < 1.29 is 14.3 Å². The fourth-order valence-electron chi connectivity index (χ4n) is 2.31. The van der Waals surface area contributed by atoms with Crippen molar-refractivity contribution in [3.63, 3.8) is 0 Å². The molecule has 26 heavy (non-hydrogen) atoms. The first kappa shape index (κ1) is 17.4.